The molecule has 0 heterocycles. The molecule has 0 aliphatic heterocycles. The Balaban J connectivity index is 0. The second kappa shape index (κ2) is 9.07. The van der Waals surface area contributed by atoms with Crippen molar-refractivity contribution in [1.82, 2.24) is 0 Å². The summed E-state index contributed by atoms with van der Waals surface area (Å²) < 4.78 is 0. The SMILES string of the molecule is C=CC#N.[Pt]. The fourth-order valence-electron chi connectivity index (χ4n) is 0. The molecule has 0 rings (SSSR count). The van der Waals surface area contributed by atoms with E-state index in [1.165, 1.54) is 6.08 Å². The summed E-state index contributed by atoms with van der Waals surface area (Å²) in [5.74, 6) is 0. The van der Waals surface area contributed by atoms with Crippen LogP contribution in [0.2, 0.25) is 0 Å². The van der Waals surface area contributed by atoms with E-state index in [2.05, 4.69) is 6.58 Å². The largest absolute Gasteiger partial charge is 0.193 e. The maximum atomic E-state index is 7.51. The molecule has 0 aromatic rings. The molecular formula is C3H3NPt. The molecule has 0 aliphatic rings. The minimum atomic E-state index is 0. The summed E-state index contributed by atoms with van der Waals surface area (Å²) in [5.41, 5.74) is 0. The van der Waals surface area contributed by atoms with E-state index in [9.17, 15) is 0 Å². The molecule has 2 heteroatoms. The molecule has 0 radical (unpaired) electrons. The Morgan fingerprint density at radius 3 is 2.00 bits per heavy atom. The molecule has 0 aromatic carbocycles. The second-order valence-corrected chi connectivity index (χ2v) is 0.333. The third-order valence-corrected chi connectivity index (χ3v) is 0.0913. The zero-order chi connectivity index (χ0) is 3.41. The first-order valence-electron chi connectivity index (χ1n) is 0.921. The van der Waals surface area contributed by atoms with Crippen LogP contribution in [0.15, 0.2) is 12.7 Å². The van der Waals surface area contributed by atoms with Crippen LogP contribution in [0.25, 0.3) is 0 Å². The van der Waals surface area contributed by atoms with Crippen molar-refractivity contribution in [3.8, 4) is 6.07 Å². The van der Waals surface area contributed by atoms with E-state index < -0.39 is 0 Å². The number of rotatable bonds is 0. The summed E-state index contributed by atoms with van der Waals surface area (Å²) >= 11 is 0. The third-order valence-electron chi connectivity index (χ3n) is 0.0913. The van der Waals surface area contributed by atoms with E-state index in [4.69, 9.17) is 5.26 Å². The molecule has 0 fully saturated rings. The van der Waals surface area contributed by atoms with Gasteiger partial charge in [0, 0.05) is 27.1 Å². The van der Waals surface area contributed by atoms with E-state index in [0.717, 1.165) is 0 Å². The van der Waals surface area contributed by atoms with Gasteiger partial charge in [-0.05, 0) is 0 Å². The Kier molecular flexibility index (Phi) is 16.1. The molecule has 30 valence electrons. The molecule has 0 saturated heterocycles. The van der Waals surface area contributed by atoms with Crippen LogP contribution in [0.1, 0.15) is 0 Å². The predicted octanol–water partition coefficient (Wildman–Crippen LogP) is 0.693. The first kappa shape index (κ1) is 8.87. The normalized spacial score (nSPS) is 3.00. The molecule has 0 N–H and O–H groups in total. The second-order valence-electron chi connectivity index (χ2n) is 0.333. The molecule has 0 aliphatic carbocycles. The van der Waals surface area contributed by atoms with Crippen LogP contribution in [0, 0.1) is 11.3 Å². The Hall–Kier alpha value is -0.0817. The van der Waals surface area contributed by atoms with Crippen LogP contribution in [0.4, 0.5) is 0 Å². The molecule has 1 nitrogen and oxygen atoms in total. The van der Waals surface area contributed by atoms with Crippen molar-refractivity contribution in [3.63, 3.8) is 0 Å². The van der Waals surface area contributed by atoms with Gasteiger partial charge in [0.05, 0.1) is 6.07 Å². The molecule has 0 atom stereocenters. The Bertz CT molecular complexity index is 52.4. The van der Waals surface area contributed by atoms with Crippen molar-refractivity contribution in [3.05, 3.63) is 12.7 Å². The summed E-state index contributed by atoms with van der Waals surface area (Å²) in [6.45, 7) is 3.12. The van der Waals surface area contributed by atoms with Crippen LogP contribution in [-0.2, 0) is 21.1 Å². The summed E-state index contributed by atoms with van der Waals surface area (Å²) in [6.07, 6.45) is 1.18. The van der Waals surface area contributed by atoms with Gasteiger partial charge in [0.15, 0.2) is 0 Å². The van der Waals surface area contributed by atoms with Crippen molar-refractivity contribution in [1.29, 1.82) is 5.26 Å². The van der Waals surface area contributed by atoms with E-state index >= 15 is 0 Å². The summed E-state index contributed by atoms with van der Waals surface area (Å²) in [7, 11) is 0. The van der Waals surface area contributed by atoms with Crippen molar-refractivity contribution >= 4 is 0 Å². The minimum Gasteiger partial charge on any atom is -0.193 e. The quantitative estimate of drug-likeness (QED) is 0.579. The molecular weight excluding hydrogens is 245 g/mol. The van der Waals surface area contributed by atoms with Gasteiger partial charge in [-0.25, -0.2) is 0 Å². The van der Waals surface area contributed by atoms with Crippen LogP contribution in [0.5, 0.6) is 0 Å². The number of allylic oxidation sites excluding steroid dienone is 1. The fourth-order valence-corrected chi connectivity index (χ4v) is 0. The molecule has 0 unspecified atom stereocenters. The molecule has 5 heavy (non-hydrogen) atoms. The number of hydrogen-bond acceptors (Lipinski definition) is 1. The topological polar surface area (TPSA) is 23.8 Å². The minimum absolute atomic E-state index is 0. The average molecular weight is 248 g/mol. The zero-order valence-electron chi connectivity index (χ0n) is 2.55. The van der Waals surface area contributed by atoms with Gasteiger partial charge >= 0.3 is 0 Å². The predicted molar refractivity (Wildman–Crippen MR) is 15.8 cm³/mol. The van der Waals surface area contributed by atoms with E-state index in [-0.39, 0.29) is 21.1 Å². The van der Waals surface area contributed by atoms with E-state index in [0.29, 0.717) is 0 Å². The standard InChI is InChI=1S/C3H3N.Pt/c1-2-3-4;/h2H,1H2;. The van der Waals surface area contributed by atoms with Gasteiger partial charge in [-0.3, -0.25) is 0 Å². The molecule has 0 spiro atoms. The smallest absolute Gasteiger partial charge is 0.0905 e. The van der Waals surface area contributed by atoms with Gasteiger partial charge < -0.3 is 0 Å². The van der Waals surface area contributed by atoms with Crippen LogP contribution in [-0.4, -0.2) is 0 Å². The molecule has 0 aromatic heterocycles. The van der Waals surface area contributed by atoms with Gasteiger partial charge in [-0.2, -0.15) is 5.26 Å². The fraction of sp³-hybridized carbons (Fsp3) is 0. The molecule has 0 amide bonds. The average Bonchev–Trinajstić information content (AvgIpc) is 1.37. The Morgan fingerprint density at radius 1 is 1.80 bits per heavy atom. The summed E-state index contributed by atoms with van der Waals surface area (Å²) in [5, 5.41) is 7.51. The maximum Gasteiger partial charge on any atom is 0.0905 e. The van der Waals surface area contributed by atoms with E-state index in [1.54, 1.807) is 6.07 Å². The van der Waals surface area contributed by atoms with E-state index in [1.807, 2.05) is 0 Å². The van der Waals surface area contributed by atoms with Gasteiger partial charge in [-0.15, -0.1) is 0 Å². The maximum absolute atomic E-state index is 7.51. The van der Waals surface area contributed by atoms with Gasteiger partial charge in [-0.1, -0.05) is 6.58 Å². The number of nitriles is 1. The number of nitrogens with zero attached hydrogens (tertiary/aromatic N) is 1. The van der Waals surface area contributed by atoms with Gasteiger partial charge in [0.2, 0.25) is 0 Å². The summed E-state index contributed by atoms with van der Waals surface area (Å²) in [6, 6.07) is 1.69. The van der Waals surface area contributed by atoms with Crippen molar-refractivity contribution < 1.29 is 21.1 Å². The first-order chi connectivity index (χ1) is 1.91. The van der Waals surface area contributed by atoms with Gasteiger partial charge in [0.25, 0.3) is 0 Å². The van der Waals surface area contributed by atoms with Crippen molar-refractivity contribution in [2.75, 3.05) is 0 Å². The number of hydrogen-bond donors (Lipinski definition) is 0. The molecule has 0 saturated carbocycles. The first-order valence-corrected chi connectivity index (χ1v) is 0.921. The Labute approximate surface area is 45.6 Å². The Morgan fingerprint density at radius 2 is 2.00 bits per heavy atom. The van der Waals surface area contributed by atoms with Crippen LogP contribution < -0.4 is 0 Å². The zero-order valence-corrected chi connectivity index (χ0v) is 4.82. The third kappa shape index (κ3) is 17.1. The van der Waals surface area contributed by atoms with Crippen molar-refractivity contribution in [2.45, 2.75) is 0 Å². The van der Waals surface area contributed by atoms with Crippen LogP contribution >= 0.6 is 0 Å². The van der Waals surface area contributed by atoms with Crippen LogP contribution in [0.3, 0.4) is 0 Å². The van der Waals surface area contributed by atoms with Gasteiger partial charge in [0.1, 0.15) is 0 Å². The van der Waals surface area contributed by atoms with Crippen molar-refractivity contribution in [2.24, 2.45) is 0 Å². The molecule has 0 bridgehead atoms. The monoisotopic (exact) mass is 248 g/mol. The summed E-state index contributed by atoms with van der Waals surface area (Å²) in [4.78, 5) is 0.